The third-order valence-corrected chi connectivity index (χ3v) is 14.6. The van der Waals surface area contributed by atoms with Crippen molar-refractivity contribution in [2.75, 3.05) is 27.4 Å². The third kappa shape index (κ3) is 5.37. The maximum absolute atomic E-state index is 13.8. The van der Waals surface area contributed by atoms with Crippen LogP contribution in [0.1, 0.15) is 73.1 Å². The van der Waals surface area contributed by atoms with E-state index in [0.29, 0.717) is 36.0 Å². The molecule has 6 bridgehead atoms. The van der Waals surface area contributed by atoms with E-state index in [4.69, 9.17) is 23.7 Å². The molecule has 6 saturated carbocycles. The molecule has 0 aromatic rings. The Morgan fingerprint density at radius 3 is 1.88 bits per heavy atom. The van der Waals surface area contributed by atoms with Crippen LogP contribution in [0.2, 0.25) is 0 Å². The van der Waals surface area contributed by atoms with E-state index in [2.05, 4.69) is 6.92 Å². The van der Waals surface area contributed by atoms with Gasteiger partial charge in [0.05, 0.1) is 30.3 Å². The van der Waals surface area contributed by atoms with Gasteiger partial charge in [0, 0.05) is 20.1 Å². The number of cyclic esters (lactones) is 2. The third-order valence-electron chi connectivity index (χ3n) is 14.6. The number of hydrogen-bond acceptors (Lipinski definition) is 10. The van der Waals surface area contributed by atoms with Crippen LogP contribution < -0.4 is 0 Å². The van der Waals surface area contributed by atoms with E-state index < -0.39 is 29.4 Å². The van der Waals surface area contributed by atoms with Gasteiger partial charge >= 0.3 is 23.9 Å². The zero-order valence-corrected chi connectivity index (χ0v) is 29.7. The molecule has 10 nitrogen and oxygen atoms in total. The van der Waals surface area contributed by atoms with E-state index in [1.54, 1.807) is 14.2 Å². The van der Waals surface area contributed by atoms with Gasteiger partial charge in [-0.2, -0.15) is 0 Å². The zero-order chi connectivity index (χ0) is 34.4. The number of rotatable bonds is 10. The number of carbonyl (C=O) groups excluding carboxylic acids is 4. The predicted octanol–water partition coefficient (Wildman–Crippen LogP) is 4.50. The van der Waals surface area contributed by atoms with E-state index in [1.807, 2.05) is 27.7 Å². The highest BCUT2D eigenvalue weighted by Crippen LogP contribution is 2.72. The second kappa shape index (κ2) is 12.6. The second-order valence-corrected chi connectivity index (χ2v) is 17.6. The van der Waals surface area contributed by atoms with E-state index in [1.165, 1.54) is 0 Å². The van der Waals surface area contributed by atoms with Gasteiger partial charge in [0.15, 0.2) is 6.29 Å². The first-order chi connectivity index (χ1) is 22.8. The van der Waals surface area contributed by atoms with Crippen molar-refractivity contribution in [3.8, 4) is 0 Å². The molecule has 0 aromatic carbocycles. The highest BCUT2D eigenvalue weighted by Gasteiger charge is 2.70. The summed E-state index contributed by atoms with van der Waals surface area (Å²) in [6, 6.07) is 0. The van der Waals surface area contributed by atoms with Gasteiger partial charge in [-0.25, -0.2) is 0 Å². The van der Waals surface area contributed by atoms with E-state index in [9.17, 15) is 24.3 Å². The molecule has 1 aliphatic heterocycles. The molecular weight excluding hydrogens is 616 g/mol. The fourth-order valence-electron chi connectivity index (χ4n) is 13.6. The van der Waals surface area contributed by atoms with Crippen molar-refractivity contribution >= 4 is 23.9 Å². The monoisotopic (exact) mass is 672 g/mol. The lowest BCUT2D eigenvalue weighted by atomic mass is 9.53. The first-order valence-electron chi connectivity index (χ1n) is 18.6. The van der Waals surface area contributed by atoms with Crippen molar-refractivity contribution in [3.63, 3.8) is 0 Å². The molecule has 7 rings (SSSR count). The molecule has 48 heavy (non-hydrogen) atoms. The molecule has 0 aromatic heterocycles. The largest absolute Gasteiger partial charge is 0.463 e. The summed E-state index contributed by atoms with van der Waals surface area (Å²) in [6.07, 6.45) is 5.08. The van der Waals surface area contributed by atoms with Gasteiger partial charge in [-0.1, -0.05) is 13.8 Å². The Bertz CT molecular complexity index is 1280. The smallest absolute Gasteiger partial charge is 0.317 e. The summed E-state index contributed by atoms with van der Waals surface area (Å²) in [5.74, 6) is 0.457. The molecule has 1 N–H and O–H groups in total. The Balaban J connectivity index is 1.27. The lowest BCUT2D eigenvalue weighted by Crippen LogP contribution is -2.50. The summed E-state index contributed by atoms with van der Waals surface area (Å²) in [7, 11) is 3.43. The summed E-state index contributed by atoms with van der Waals surface area (Å²) in [6.45, 7) is 9.74. The Kier molecular flexibility index (Phi) is 9.05. The molecule has 1 saturated heterocycles. The van der Waals surface area contributed by atoms with Gasteiger partial charge in [-0.15, -0.1) is 0 Å². The molecule has 0 spiro atoms. The van der Waals surface area contributed by atoms with Crippen molar-refractivity contribution in [1.82, 2.24) is 0 Å². The Labute approximate surface area is 284 Å². The first-order valence-corrected chi connectivity index (χ1v) is 18.6. The Morgan fingerprint density at radius 2 is 1.33 bits per heavy atom. The topological polar surface area (TPSA) is 135 Å². The van der Waals surface area contributed by atoms with Gasteiger partial charge in [0.2, 0.25) is 0 Å². The number of fused-ring (bicyclic) bond motifs is 6. The maximum atomic E-state index is 13.8. The van der Waals surface area contributed by atoms with Crippen molar-refractivity contribution in [2.45, 2.75) is 85.0 Å². The Hall–Kier alpha value is -2.04. The quantitative estimate of drug-likeness (QED) is 0.153. The standard InChI is InChI=1S/C38H56O10/c1-16-21-10-18(15-26(21)37(44-6)45-7)27(16)31-22-12-20(13-24(22)34(41)46-9-8-39)30(31)32-23-11-19(14-25(23)35(42)48-38(3,4)5)29(32)28-17(2)33(40)47-36(28)43/h16-32,37,39H,8-15H2,1-7H3. The van der Waals surface area contributed by atoms with Crippen molar-refractivity contribution in [3.05, 3.63) is 0 Å². The number of methoxy groups -OCH3 is 2. The summed E-state index contributed by atoms with van der Waals surface area (Å²) >= 11 is 0. The van der Waals surface area contributed by atoms with Crippen LogP contribution in [0.5, 0.6) is 0 Å². The van der Waals surface area contributed by atoms with Crippen LogP contribution in [0.25, 0.3) is 0 Å². The minimum Gasteiger partial charge on any atom is -0.463 e. The minimum atomic E-state index is -0.599. The van der Waals surface area contributed by atoms with Gasteiger partial charge < -0.3 is 28.8 Å². The molecule has 7 fully saturated rings. The second-order valence-electron chi connectivity index (χ2n) is 17.6. The molecule has 7 aliphatic rings. The van der Waals surface area contributed by atoms with Crippen LogP contribution >= 0.6 is 0 Å². The molecule has 10 heteroatoms. The number of aliphatic hydroxyl groups is 1. The van der Waals surface area contributed by atoms with E-state index in [0.717, 1.165) is 32.1 Å². The van der Waals surface area contributed by atoms with E-state index >= 15 is 0 Å². The number of carbonyl (C=O) groups is 4. The average Bonchev–Trinajstić information content (AvgIpc) is 3.88. The Morgan fingerprint density at radius 1 is 0.771 bits per heavy atom. The average molecular weight is 673 g/mol. The zero-order valence-electron chi connectivity index (χ0n) is 29.7. The lowest BCUT2D eigenvalue weighted by Gasteiger charge is -2.51. The number of esters is 4. The molecule has 17 atom stereocenters. The first kappa shape index (κ1) is 34.4. The fourth-order valence-corrected chi connectivity index (χ4v) is 13.6. The van der Waals surface area contributed by atoms with Crippen molar-refractivity contribution < 1.29 is 48.0 Å². The van der Waals surface area contributed by atoms with Gasteiger partial charge in [0.1, 0.15) is 12.2 Å². The number of aliphatic hydroxyl groups excluding tert-OH is 1. The summed E-state index contributed by atoms with van der Waals surface area (Å²) in [5.41, 5.74) is -0.599. The number of hydrogen-bond donors (Lipinski definition) is 1. The molecule has 17 unspecified atom stereocenters. The van der Waals surface area contributed by atoms with Crippen LogP contribution in [0.4, 0.5) is 0 Å². The maximum Gasteiger partial charge on any atom is 0.317 e. The number of ether oxygens (including phenoxy) is 5. The molecule has 6 aliphatic carbocycles. The van der Waals surface area contributed by atoms with Gasteiger partial charge in [0.25, 0.3) is 0 Å². The SMILES string of the molecule is COC(OC)C1CC2CC1C(C)C2C1C2CC(CC2C(=O)OCCO)C1C1C2CC(CC2C(=O)OC(C)(C)C)C1C1C(=O)OC(=O)C1C. The van der Waals surface area contributed by atoms with Crippen molar-refractivity contribution in [2.24, 2.45) is 101 Å². The highest BCUT2D eigenvalue weighted by atomic mass is 16.7. The minimum absolute atomic E-state index is 0.00415. The molecule has 0 radical (unpaired) electrons. The van der Waals surface area contributed by atoms with Crippen LogP contribution in [0.15, 0.2) is 0 Å². The normalized spacial score (nSPS) is 47.4. The van der Waals surface area contributed by atoms with Crippen LogP contribution in [0, 0.1) is 101 Å². The van der Waals surface area contributed by atoms with Crippen LogP contribution in [-0.4, -0.2) is 68.3 Å². The predicted molar refractivity (Wildman–Crippen MR) is 171 cm³/mol. The molecular formula is C38H56O10. The van der Waals surface area contributed by atoms with Crippen molar-refractivity contribution in [1.29, 1.82) is 0 Å². The van der Waals surface area contributed by atoms with Gasteiger partial charge in [-0.3, -0.25) is 19.2 Å². The summed E-state index contributed by atoms with van der Waals surface area (Å²) < 4.78 is 28.4. The molecule has 268 valence electrons. The highest BCUT2D eigenvalue weighted by molar-refractivity contribution is 5.96. The fraction of sp³-hybridized carbons (Fsp3) is 0.895. The van der Waals surface area contributed by atoms with Gasteiger partial charge in [-0.05, 0) is 130 Å². The van der Waals surface area contributed by atoms with E-state index in [-0.39, 0.29) is 90.6 Å². The summed E-state index contributed by atoms with van der Waals surface area (Å²) in [4.78, 5) is 53.5. The lowest BCUT2D eigenvalue weighted by molar-refractivity contribution is -0.167. The molecule has 1 heterocycles. The molecule has 0 amide bonds. The summed E-state index contributed by atoms with van der Waals surface area (Å²) in [5, 5.41) is 9.41. The van der Waals surface area contributed by atoms with Crippen LogP contribution in [0.3, 0.4) is 0 Å². The van der Waals surface area contributed by atoms with Crippen LogP contribution in [-0.2, 0) is 42.9 Å².